The van der Waals surface area contributed by atoms with Crippen LogP contribution in [-0.2, 0) is 0 Å². The van der Waals surface area contributed by atoms with Gasteiger partial charge in [0.05, 0.1) is 17.3 Å². The molecule has 0 bridgehead atoms. The molecule has 0 unspecified atom stereocenters. The maximum atomic E-state index is 5.58. The number of nitrogen functional groups attached to an aromatic ring is 1. The average molecular weight is 347 g/mol. The summed E-state index contributed by atoms with van der Waals surface area (Å²) in [4.78, 5) is 0. The molecule has 1 heterocycles. The van der Waals surface area contributed by atoms with Crippen molar-refractivity contribution >= 4 is 37.7 Å². The van der Waals surface area contributed by atoms with E-state index in [2.05, 4.69) is 37.0 Å². The fourth-order valence-electron chi connectivity index (χ4n) is 1.32. The van der Waals surface area contributed by atoms with Crippen molar-refractivity contribution < 1.29 is 4.74 Å². The number of anilines is 1. The van der Waals surface area contributed by atoms with E-state index in [9.17, 15) is 0 Å². The molecule has 0 spiro atoms. The van der Waals surface area contributed by atoms with Gasteiger partial charge in [0.2, 0.25) is 0 Å². The number of nitrogens with two attached hydrogens (primary N) is 1. The average Bonchev–Trinajstić information content (AvgIpc) is 2.65. The Morgan fingerprint density at radius 2 is 2.06 bits per heavy atom. The summed E-state index contributed by atoms with van der Waals surface area (Å²) in [5, 5.41) is 4.14. The van der Waals surface area contributed by atoms with Gasteiger partial charge in [0.25, 0.3) is 0 Å². The molecular weight excluding hydrogens is 338 g/mol. The van der Waals surface area contributed by atoms with E-state index >= 15 is 0 Å². The second-order valence-corrected chi connectivity index (χ2v) is 4.83. The molecule has 0 aliphatic heterocycles. The molecule has 6 heteroatoms. The molecular formula is C10H9Br2N3O. The molecule has 0 aliphatic rings. The first-order valence-corrected chi connectivity index (χ1v) is 6.05. The highest BCUT2D eigenvalue weighted by Crippen LogP contribution is 2.33. The van der Waals surface area contributed by atoms with Gasteiger partial charge in [-0.15, -0.1) is 0 Å². The lowest BCUT2D eigenvalue weighted by Gasteiger charge is -2.09. The van der Waals surface area contributed by atoms with E-state index in [4.69, 9.17) is 10.5 Å². The maximum Gasteiger partial charge on any atom is 0.145 e. The molecule has 2 rings (SSSR count). The molecule has 2 N–H and O–H groups in total. The van der Waals surface area contributed by atoms with E-state index in [1.165, 1.54) is 0 Å². The van der Waals surface area contributed by atoms with E-state index in [0.29, 0.717) is 5.82 Å². The molecule has 0 fully saturated rings. The molecule has 0 radical (unpaired) electrons. The summed E-state index contributed by atoms with van der Waals surface area (Å²) < 4.78 is 8.70. The molecule has 0 atom stereocenters. The zero-order valence-corrected chi connectivity index (χ0v) is 11.6. The van der Waals surface area contributed by atoms with Crippen LogP contribution in [0.25, 0.3) is 5.69 Å². The third-order valence-electron chi connectivity index (χ3n) is 2.08. The minimum absolute atomic E-state index is 0.480. The van der Waals surface area contributed by atoms with Gasteiger partial charge in [0.15, 0.2) is 0 Å². The number of halogens is 2. The topological polar surface area (TPSA) is 53.1 Å². The third kappa shape index (κ3) is 2.08. The SMILES string of the molecule is COc1cc(-n2ccc(N)n2)c(Br)cc1Br. The molecule has 16 heavy (non-hydrogen) atoms. The number of nitrogens with zero attached hydrogens (tertiary/aromatic N) is 2. The van der Waals surface area contributed by atoms with Crippen LogP contribution in [0.4, 0.5) is 5.82 Å². The maximum absolute atomic E-state index is 5.58. The zero-order chi connectivity index (χ0) is 11.7. The van der Waals surface area contributed by atoms with Crippen LogP contribution >= 0.6 is 31.9 Å². The molecule has 0 aliphatic carbocycles. The van der Waals surface area contributed by atoms with Gasteiger partial charge in [0, 0.05) is 22.8 Å². The van der Waals surface area contributed by atoms with Crippen LogP contribution in [0.2, 0.25) is 0 Å². The molecule has 1 aromatic carbocycles. The number of hydrogen-bond acceptors (Lipinski definition) is 3. The minimum atomic E-state index is 0.480. The highest BCUT2D eigenvalue weighted by Gasteiger charge is 2.09. The summed E-state index contributed by atoms with van der Waals surface area (Å²) in [7, 11) is 1.62. The Morgan fingerprint density at radius 1 is 1.31 bits per heavy atom. The predicted octanol–water partition coefficient (Wildman–Crippen LogP) is 2.99. The van der Waals surface area contributed by atoms with Crippen LogP contribution < -0.4 is 10.5 Å². The van der Waals surface area contributed by atoms with Gasteiger partial charge in [0.1, 0.15) is 11.6 Å². The molecule has 1 aromatic heterocycles. The van der Waals surface area contributed by atoms with Crippen molar-refractivity contribution in [3.8, 4) is 11.4 Å². The van der Waals surface area contributed by atoms with E-state index < -0.39 is 0 Å². The normalized spacial score (nSPS) is 10.4. The lowest BCUT2D eigenvalue weighted by Crippen LogP contribution is -1.98. The van der Waals surface area contributed by atoms with Gasteiger partial charge in [-0.25, -0.2) is 4.68 Å². The van der Waals surface area contributed by atoms with E-state index in [1.54, 1.807) is 24.1 Å². The number of methoxy groups -OCH3 is 1. The van der Waals surface area contributed by atoms with Gasteiger partial charge in [-0.1, -0.05) is 0 Å². The molecule has 4 nitrogen and oxygen atoms in total. The Hall–Kier alpha value is -1.01. The molecule has 0 amide bonds. The molecule has 84 valence electrons. The van der Waals surface area contributed by atoms with Gasteiger partial charge in [-0.05, 0) is 37.9 Å². The van der Waals surface area contributed by atoms with Crippen molar-refractivity contribution in [2.24, 2.45) is 0 Å². The summed E-state index contributed by atoms with van der Waals surface area (Å²) in [5.41, 5.74) is 6.45. The fraction of sp³-hybridized carbons (Fsp3) is 0.100. The number of aromatic nitrogens is 2. The summed E-state index contributed by atoms with van der Waals surface area (Å²) in [5.74, 6) is 1.22. The molecule has 2 aromatic rings. The summed E-state index contributed by atoms with van der Waals surface area (Å²) in [6, 6.07) is 5.52. The van der Waals surface area contributed by atoms with Crippen molar-refractivity contribution in [3.63, 3.8) is 0 Å². The van der Waals surface area contributed by atoms with Crippen LogP contribution in [0.3, 0.4) is 0 Å². The number of hydrogen-bond donors (Lipinski definition) is 1. The highest BCUT2D eigenvalue weighted by molar-refractivity contribution is 9.11. The van der Waals surface area contributed by atoms with Crippen LogP contribution in [-0.4, -0.2) is 16.9 Å². The smallest absolute Gasteiger partial charge is 0.145 e. The zero-order valence-electron chi connectivity index (χ0n) is 8.45. The Kier molecular flexibility index (Phi) is 3.20. The quantitative estimate of drug-likeness (QED) is 0.909. The van der Waals surface area contributed by atoms with Crippen LogP contribution in [0.15, 0.2) is 33.3 Å². The first-order valence-electron chi connectivity index (χ1n) is 4.46. The van der Waals surface area contributed by atoms with Gasteiger partial charge in [-0.3, -0.25) is 0 Å². The first kappa shape index (κ1) is 11.5. The monoisotopic (exact) mass is 345 g/mol. The lowest BCUT2D eigenvalue weighted by molar-refractivity contribution is 0.411. The standard InChI is InChI=1S/C10H9Br2N3O/c1-16-9-5-8(6(11)4-7(9)12)15-3-2-10(13)14-15/h2-5H,1H3,(H2,13,14). The third-order valence-corrected chi connectivity index (χ3v) is 3.33. The lowest BCUT2D eigenvalue weighted by atomic mass is 10.3. The Labute approximate surface area is 110 Å². The summed E-state index contributed by atoms with van der Waals surface area (Å²) >= 11 is 6.88. The van der Waals surface area contributed by atoms with Crippen LogP contribution in [0.5, 0.6) is 5.75 Å². The molecule has 0 saturated carbocycles. The van der Waals surface area contributed by atoms with Crippen molar-refractivity contribution in [1.29, 1.82) is 0 Å². The summed E-state index contributed by atoms with van der Waals surface area (Å²) in [6.45, 7) is 0. The fourth-order valence-corrected chi connectivity index (χ4v) is 2.66. The second kappa shape index (κ2) is 4.47. The van der Waals surface area contributed by atoms with Crippen molar-refractivity contribution in [2.75, 3.05) is 12.8 Å². The Morgan fingerprint density at radius 3 is 2.62 bits per heavy atom. The first-order chi connectivity index (χ1) is 7.61. The highest BCUT2D eigenvalue weighted by atomic mass is 79.9. The number of benzene rings is 1. The van der Waals surface area contributed by atoms with E-state index in [-0.39, 0.29) is 0 Å². The van der Waals surface area contributed by atoms with E-state index in [0.717, 1.165) is 20.4 Å². The summed E-state index contributed by atoms with van der Waals surface area (Å²) in [6.07, 6.45) is 1.79. The number of rotatable bonds is 2. The van der Waals surface area contributed by atoms with Crippen LogP contribution in [0, 0.1) is 0 Å². The largest absolute Gasteiger partial charge is 0.495 e. The number of ether oxygens (including phenoxy) is 1. The van der Waals surface area contributed by atoms with Gasteiger partial charge in [-0.2, -0.15) is 5.10 Å². The Bertz CT molecular complexity index is 525. The predicted molar refractivity (Wildman–Crippen MR) is 69.9 cm³/mol. The van der Waals surface area contributed by atoms with Gasteiger partial charge >= 0.3 is 0 Å². The Balaban J connectivity index is 2.56. The van der Waals surface area contributed by atoms with Crippen LogP contribution in [0.1, 0.15) is 0 Å². The molecule has 0 saturated heterocycles. The minimum Gasteiger partial charge on any atom is -0.495 e. The van der Waals surface area contributed by atoms with Crippen molar-refractivity contribution in [2.45, 2.75) is 0 Å². The van der Waals surface area contributed by atoms with Gasteiger partial charge < -0.3 is 10.5 Å². The van der Waals surface area contributed by atoms with E-state index in [1.807, 2.05) is 12.1 Å². The van der Waals surface area contributed by atoms with Crippen molar-refractivity contribution in [1.82, 2.24) is 9.78 Å². The second-order valence-electron chi connectivity index (χ2n) is 3.12. The van der Waals surface area contributed by atoms with Crippen molar-refractivity contribution in [3.05, 3.63) is 33.3 Å².